The van der Waals surface area contributed by atoms with E-state index in [1.165, 1.54) is 33.8 Å². The molecule has 0 fully saturated rings. The van der Waals surface area contributed by atoms with Crippen LogP contribution >= 0.6 is 0 Å². The molecule has 1 aliphatic heterocycles. The Labute approximate surface area is 156 Å². The van der Waals surface area contributed by atoms with Crippen LogP contribution in [-0.2, 0) is 13.0 Å². The van der Waals surface area contributed by atoms with Gasteiger partial charge in [0.05, 0.1) is 23.7 Å². The van der Waals surface area contributed by atoms with Gasteiger partial charge in [0.25, 0.3) is 0 Å². The monoisotopic (exact) mass is 364 g/mol. The predicted octanol–water partition coefficient (Wildman–Crippen LogP) is 1.91. The van der Waals surface area contributed by atoms with E-state index in [1.54, 1.807) is 6.20 Å². The minimum absolute atomic E-state index is 0.0641. The molecule has 27 heavy (non-hydrogen) atoms. The number of anilines is 1. The van der Waals surface area contributed by atoms with Gasteiger partial charge in [-0.1, -0.05) is 0 Å². The van der Waals surface area contributed by atoms with Crippen molar-refractivity contribution < 1.29 is 9.90 Å². The van der Waals surface area contributed by atoms with E-state index >= 15 is 0 Å². The van der Waals surface area contributed by atoms with Crippen LogP contribution in [0.25, 0.3) is 17.1 Å². The zero-order chi connectivity index (χ0) is 19.1. The molecular formula is C19H20N6O2. The van der Waals surface area contributed by atoms with Crippen LogP contribution in [0.15, 0.2) is 30.7 Å². The van der Waals surface area contributed by atoms with Crippen molar-refractivity contribution in [3.63, 3.8) is 0 Å². The maximum Gasteiger partial charge on any atom is 0.338 e. The highest BCUT2D eigenvalue weighted by atomic mass is 16.4. The van der Waals surface area contributed by atoms with Gasteiger partial charge in [-0.2, -0.15) is 5.10 Å². The van der Waals surface area contributed by atoms with Crippen molar-refractivity contribution in [1.82, 2.24) is 24.6 Å². The summed E-state index contributed by atoms with van der Waals surface area (Å²) in [6, 6.07) is 4.26. The lowest BCUT2D eigenvalue weighted by Crippen LogP contribution is -2.27. The second-order valence-electron chi connectivity index (χ2n) is 6.86. The number of carboxylic acid groups (broad SMARTS) is 1. The van der Waals surface area contributed by atoms with E-state index in [0.717, 1.165) is 25.1 Å². The van der Waals surface area contributed by atoms with Gasteiger partial charge in [-0.25, -0.2) is 19.4 Å². The second kappa shape index (κ2) is 6.48. The van der Waals surface area contributed by atoms with Crippen molar-refractivity contribution >= 4 is 11.8 Å². The molecule has 0 bridgehead atoms. The van der Waals surface area contributed by atoms with Crippen LogP contribution in [0.3, 0.4) is 0 Å². The van der Waals surface area contributed by atoms with Gasteiger partial charge in [-0.15, -0.1) is 0 Å². The van der Waals surface area contributed by atoms with Crippen molar-refractivity contribution in [1.29, 1.82) is 0 Å². The van der Waals surface area contributed by atoms with E-state index in [9.17, 15) is 4.79 Å². The Morgan fingerprint density at radius 3 is 2.85 bits per heavy atom. The number of aromatic carboxylic acids is 1. The summed E-state index contributed by atoms with van der Waals surface area (Å²) >= 11 is 0. The highest BCUT2D eigenvalue weighted by molar-refractivity contribution is 5.87. The number of carbonyl (C=O) groups is 1. The van der Waals surface area contributed by atoms with Crippen molar-refractivity contribution in [2.75, 3.05) is 19.3 Å². The van der Waals surface area contributed by atoms with E-state index in [4.69, 9.17) is 10.8 Å². The summed E-state index contributed by atoms with van der Waals surface area (Å²) < 4.78 is 1.34. The molecule has 1 aliphatic rings. The summed E-state index contributed by atoms with van der Waals surface area (Å²) in [5, 5.41) is 13.1. The fraction of sp³-hybridized carbons (Fsp3) is 0.263. The summed E-state index contributed by atoms with van der Waals surface area (Å²) in [7, 11) is 2.11. The fourth-order valence-corrected chi connectivity index (χ4v) is 3.45. The number of aromatic nitrogens is 4. The van der Waals surface area contributed by atoms with Gasteiger partial charge in [-0.3, -0.25) is 0 Å². The number of carboxylic acids is 1. The number of hydrogen-bond acceptors (Lipinski definition) is 6. The number of nitrogen functional groups attached to an aromatic ring is 1. The number of fused-ring (bicyclic) bond motifs is 1. The number of rotatable bonds is 3. The van der Waals surface area contributed by atoms with Crippen molar-refractivity contribution in [2.45, 2.75) is 19.9 Å². The highest BCUT2D eigenvalue weighted by Gasteiger charge is 2.18. The average Bonchev–Trinajstić information content (AvgIpc) is 3.12. The van der Waals surface area contributed by atoms with Crippen LogP contribution in [0.4, 0.5) is 5.82 Å². The molecule has 0 atom stereocenters. The van der Waals surface area contributed by atoms with Gasteiger partial charge in [0.15, 0.2) is 11.6 Å². The third-order valence-electron chi connectivity index (χ3n) is 4.87. The molecule has 0 spiro atoms. The standard InChI is InChI=1S/C19H20N6O2/c1-11-5-12(6-13-9-24(2)4-3-15(11)13)16-8-21-17(20)18(23-16)25-10-14(7-22-25)19(26)27/h5-8,10H,3-4,9H2,1-2H3,(H2,20,21)(H,26,27). The number of hydrogen-bond donors (Lipinski definition) is 2. The van der Waals surface area contributed by atoms with Crippen molar-refractivity contribution in [2.24, 2.45) is 0 Å². The average molecular weight is 364 g/mol. The first-order valence-corrected chi connectivity index (χ1v) is 8.64. The first kappa shape index (κ1) is 17.2. The van der Waals surface area contributed by atoms with E-state index in [-0.39, 0.29) is 11.4 Å². The molecule has 8 nitrogen and oxygen atoms in total. The van der Waals surface area contributed by atoms with E-state index in [0.29, 0.717) is 11.5 Å². The molecule has 0 radical (unpaired) electrons. The minimum atomic E-state index is -1.06. The lowest BCUT2D eigenvalue weighted by atomic mass is 9.92. The Balaban J connectivity index is 1.78. The quantitative estimate of drug-likeness (QED) is 0.730. The molecule has 3 aromatic rings. The zero-order valence-electron chi connectivity index (χ0n) is 15.2. The third-order valence-corrected chi connectivity index (χ3v) is 4.87. The molecule has 4 rings (SSSR count). The Kier molecular flexibility index (Phi) is 4.12. The summed E-state index contributed by atoms with van der Waals surface area (Å²) in [6.45, 7) is 4.08. The van der Waals surface area contributed by atoms with Crippen LogP contribution in [0.2, 0.25) is 0 Å². The predicted molar refractivity (Wildman–Crippen MR) is 101 cm³/mol. The van der Waals surface area contributed by atoms with Gasteiger partial charge in [-0.05, 0) is 49.2 Å². The van der Waals surface area contributed by atoms with Crippen molar-refractivity contribution in [3.8, 4) is 17.1 Å². The Morgan fingerprint density at radius 2 is 2.11 bits per heavy atom. The highest BCUT2D eigenvalue weighted by Crippen LogP contribution is 2.29. The second-order valence-corrected chi connectivity index (χ2v) is 6.86. The van der Waals surface area contributed by atoms with Gasteiger partial charge in [0, 0.05) is 24.8 Å². The van der Waals surface area contributed by atoms with Crippen molar-refractivity contribution in [3.05, 3.63) is 53.0 Å². The molecular weight excluding hydrogens is 344 g/mol. The third kappa shape index (κ3) is 3.15. The van der Waals surface area contributed by atoms with Gasteiger partial charge >= 0.3 is 5.97 Å². The SMILES string of the molecule is Cc1cc(-c2cnc(N)c(-n3cc(C(=O)O)cn3)n2)cc2c1CCN(C)C2. The summed E-state index contributed by atoms with van der Waals surface area (Å²) in [4.78, 5) is 22.2. The fourth-order valence-electron chi connectivity index (χ4n) is 3.45. The van der Waals surface area contributed by atoms with Crippen LogP contribution in [-0.4, -0.2) is 49.3 Å². The number of nitrogens with zero attached hydrogens (tertiary/aromatic N) is 5. The maximum absolute atomic E-state index is 11.1. The molecule has 0 unspecified atom stereocenters. The molecule has 2 aromatic heterocycles. The summed E-state index contributed by atoms with van der Waals surface area (Å²) in [6.07, 6.45) is 5.31. The van der Waals surface area contributed by atoms with Crippen LogP contribution < -0.4 is 5.73 Å². The lowest BCUT2D eigenvalue weighted by molar-refractivity contribution is 0.0697. The summed E-state index contributed by atoms with van der Waals surface area (Å²) in [5.74, 6) is -0.556. The zero-order valence-corrected chi connectivity index (χ0v) is 15.2. The van der Waals surface area contributed by atoms with Gasteiger partial charge in [0.2, 0.25) is 0 Å². The number of likely N-dealkylation sites (N-methyl/N-ethyl adjacent to an activating group) is 1. The number of aryl methyl sites for hydroxylation is 1. The number of nitrogens with two attached hydrogens (primary N) is 1. The lowest BCUT2D eigenvalue weighted by Gasteiger charge is -2.27. The van der Waals surface area contributed by atoms with E-state index in [2.05, 4.69) is 46.1 Å². The number of benzene rings is 1. The molecule has 0 amide bonds. The largest absolute Gasteiger partial charge is 0.478 e. The topological polar surface area (TPSA) is 110 Å². The maximum atomic E-state index is 11.1. The van der Waals surface area contributed by atoms with E-state index < -0.39 is 5.97 Å². The van der Waals surface area contributed by atoms with Crippen LogP contribution in [0, 0.1) is 6.92 Å². The molecule has 3 heterocycles. The molecule has 0 saturated heterocycles. The smallest absolute Gasteiger partial charge is 0.338 e. The Morgan fingerprint density at radius 1 is 1.30 bits per heavy atom. The van der Waals surface area contributed by atoms with E-state index in [1.807, 2.05) is 0 Å². The van der Waals surface area contributed by atoms with Crippen LogP contribution in [0.5, 0.6) is 0 Å². The molecule has 8 heteroatoms. The first-order chi connectivity index (χ1) is 12.9. The molecule has 0 saturated carbocycles. The Bertz CT molecular complexity index is 1040. The normalized spacial score (nSPS) is 14.1. The first-order valence-electron chi connectivity index (χ1n) is 8.64. The molecule has 138 valence electrons. The Hall–Kier alpha value is -3.26. The van der Waals surface area contributed by atoms with Crippen LogP contribution in [0.1, 0.15) is 27.0 Å². The molecule has 1 aromatic carbocycles. The molecule has 3 N–H and O–H groups in total. The van der Waals surface area contributed by atoms with Gasteiger partial charge < -0.3 is 15.7 Å². The summed E-state index contributed by atoms with van der Waals surface area (Å²) in [5.41, 5.74) is 11.6. The minimum Gasteiger partial charge on any atom is -0.478 e. The molecule has 0 aliphatic carbocycles. The van der Waals surface area contributed by atoms with Gasteiger partial charge in [0.1, 0.15) is 0 Å².